The van der Waals surface area contributed by atoms with E-state index in [9.17, 15) is 9.90 Å². The topological polar surface area (TPSA) is 70.0 Å². The van der Waals surface area contributed by atoms with Gasteiger partial charge in [-0.2, -0.15) is 0 Å². The van der Waals surface area contributed by atoms with Gasteiger partial charge in [-0.1, -0.05) is 0 Å². The standard InChI is InChI=1S/C13H17NO4/c1-18-10-4-5-12(15)9(7-10)8-14-6-2-3-11(14)13(16)17/h4-5,7,11,15H,2-3,6,8H2,1H3,(H,16,17). The molecule has 5 heteroatoms. The van der Waals surface area contributed by atoms with Crippen molar-refractivity contribution in [3.05, 3.63) is 23.8 Å². The third-order valence-corrected chi connectivity index (χ3v) is 3.31. The van der Waals surface area contributed by atoms with Gasteiger partial charge in [-0.05, 0) is 37.6 Å². The Morgan fingerprint density at radius 1 is 1.56 bits per heavy atom. The molecular formula is C13H17NO4. The summed E-state index contributed by atoms with van der Waals surface area (Å²) < 4.78 is 5.10. The Labute approximate surface area is 106 Å². The second kappa shape index (κ2) is 5.27. The number of rotatable bonds is 4. The normalized spacial score (nSPS) is 19.9. The van der Waals surface area contributed by atoms with Crippen LogP contribution in [0.2, 0.25) is 0 Å². The van der Waals surface area contributed by atoms with Crippen molar-refractivity contribution >= 4 is 5.97 Å². The maximum Gasteiger partial charge on any atom is 0.320 e. The number of carboxylic acids is 1. The molecule has 5 nitrogen and oxygen atoms in total. The highest BCUT2D eigenvalue weighted by molar-refractivity contribution is 5.73. The van der Waals surface area contributed by atoms with Gasteiger partial charge < -0.3 is 14.9 Å². The Morgan fingerprint density at radius 3 is 3.00 bits per heavy atom. The van der Waals surface area contributed by atoms with Crippen molar-refractivity contribution in [1.82, 2.24) is 4.90 Å². The molecule has 18 heavy (non-hydrogen) atoms. The number of phenols is 1. The van der Waals surface area contributed by atoms with Crippen LogP contribution in [0.3, 0.4) is 0 Å². The van der Waals surface area contributed by atoms with Crippen LogP contribution in [0.15, 0.2) is 18.2 Å². The van der Waals surface area contributed by atoms with E-state index in [4.69, 9.17) is 9.84 Å². The minimum Gasteiger partial charge on any atom is -0.508 e. The van der Waals surface area contributed by atoms with Crippen LogP contribution in [0, 0.1) is 0 Å². The van der Waals surface area contributed by atoms with E-state index in [0.717, 1.165) is 13.0 Å². The van der Waals surface area contributed by atoms with Crippen molar-refractivity contribution in [2.45, 2.75) is 25.4 Å². The molecule has 0 amide bonds. The number of benzene rings is 1. The Kier molecular flexibility index (Phi) is 3.72. The lowest BCUT2D eigenvalue weighted by molar-refractivity contribution is -0.142. The van der Waals surface area contributed by atoms with E-state index in [1.165, 1.54) is 0 Å². The van der Waals surface area contributed by atoms with E-state index >= 15 is 0 Å². The second-order valence-electron chi connectivity index (χ2n) is 4.46. The van der Waals surface area contributed by atoms with Crippen LogP contribution in [0.5, 0.6) is 11.5 Å². The van der Waals surface area contributed by atoms with Gasteiger partial charge in [-0.25, -0.2) is 0 Å². The first-order valence-corrected chi connectivity index (χ1v) is 5.94. The Morgan fingerprint density at radius 2 is 2.33 bits per heavy atom. The molecular weight excluding hydrogens is 234 g/mol. The molecule has 1 aliphatic heterocycles. The zero-order valence-electron chi connectivity index (χ0n) is 10.3. The number of hydrogen-bond acceptors (Lipinski definition) is 4. The summed E-state index contributed by atoms with van der Waals surface area (Å²) >= 11 is 0. The third kappa shape index (κ3) is 2.56. The molecule has 1 unspecified atom stereocenters. The average molecular weight is 251 g/mol. The summed E-state index contributed by atoms with van der Waals surface area (Å²) in [5.74, 6) is 0.0376. The molecule has 2 N–H and O–H groups in total. The molecule has 1 saturated heterocycles. The lowest BCUT2D eigenvalue weighted by Gasteiger charge is -2.21. The first kappa shape index (κ1) is 12.7. The van der Waals surface area contributed by atoms with E-state index in [1.54, 1.807) is 25.3 Å². The van der Waals surface area contributed by atoms with Crippen molar-refractivity contribution in [3.8, 4) is 11.5 Å². The van der Waals surface area contributed by atoms with Crippen LogP contribution >= 0.6 is 0 Å². The Balaban J connectivity index is 2.15. The summed E-state index contributed by atoms with van der Waals surface area (Å²) in [5.41, 5.74) is 0.697. The molecule has 1 heterocycles. The monoisotopic (exact) mass is 251 g/mol. The number of nitrogens with zero attached hydrogens (tertiary/aromatic N) is 1. The van der Waals surface area contributed by atoms with Crippen LogP contribution in [0.25, 0.3) is 0 Å². The summed E-state index contributed by atoms with van der Waals surface area (Å²) in [6, 6.07) is 4.54. The fourth-order valence-corrected chi connectivity index (χ4v) is 2.33. The van der Waals surface area contributed by atoms with Crippen LogP contribution in [0.1, 0.15) is 18.4 Å². The highest BCUT2D eigenvalue weighted by atomic mass is 16.5. The number of likely N-dealkylation sites (tertiary alicyclic amines) is 1. The summed E-state index contributed by atoms with van der Waals surface area (Å²) in [6.07, 6.45) is 1.54. The van der Waals surface area contributed by atoms with Gasteiger partial charge in [0, 0.05) is 12.1 Å². The molecule has 1 aromatic rings. The number of aliphatic carboxylic acids is 1. The van der Waals surface area contributed by atoms with Crippen molar-refractivity contribution in [1.29, 1.82) is 0 Å². The van der Waals surface area contributed by atoms with Crippen LogP contribution in [-0.2, 0) is 11.3 Å². The van der Waals surface area contributed by atoms with E-state index in [0.29, 0.717) is 24.3 Å². The number of ether oxygens (including phenoxy) is 1. The minimum absolute atomic E-state index is 0.173. The maximum absolute atomic E-state index is 11.1. The molecule has 1 fully saturated rings. The van der Waals surface area contributed by atoms with E-state index < -0.39 is 12.0 Å². The highest BCUT2D eigenvalue weighted by Gasteiger charge is 2.30. The third-order valence-electron chi connectivity index (χ3n) is 3.31. The molecule has 0 bridgehead atoms. The van der Waals surface area contributed by atoms with Crippen LogP contribution < -0.4 is 4.74 Å². The molecule has 0 radical (unpaired) electrons. The van der Waals surface area contributed by atoms with Gasteiger partial charge in [0.1, 0.15) is 17.5 Å². The van der Waals surface area contributed by atoms with Gasteiger partial charge in [-0.3, -0.25) is 9.69 Å². The first-order valence-electron chi connectivity index (χ1n) is 5.94. The van der Waals surface area contributed by atoms with E-state index in [-0.39, 0.29) is 5.75 Å². The SMILES string of the molecule is COc1ccc(O)c(CN2CCCC2C(=O)O)c1. The Bertz CT molecular complexity index is 447. The average Bonchev–Trinajstić information content (AvgIpc) is 2.80. The predicted molar refractivity (Wildman–Crippen MR) is 65.7 cm³/mol. The molecule has 0 saturated carbocycles. The zero-order chi connectivity index (χ0) is 13.1. The van der Waals surface area contributed by atoms with Crippen molar-refractivity contribution in [2.75, 3.05) is 13.7 Å². The molecule has 0 spiro atoms. The summed E-state index contributed by atoms with van der Waals surface area (Å²) in [4.78, 5) is 13.0. The molecule has 98 valence electrons. The molecule has 1 aliphatic rings. The van der Waals surface area contributed by atoms with Crippen LogP contribution in [0.4, 0.5) is 0 Å². The molecule has 2 rings (SSSR count). The maximum atomic E-state index is 11.1. The van der Waals surface area contributed by atoms with Gasteiger partial charge in [0.25, 0.3) is 0 Å². The first-order chi connectivity index (χ1) is 8.61. The predicted octanol–water partition coefficient (Wildman–Crippen LogP) is 1.45. The van der Waals surface area contributed by atoms with Crippen molar-refractivity contribution < 1.29 is 19.7 Å². The summed E-state index contributed by atoms with van der Waals surface area (Å²) in [6.45, 7) is 1.17. The van der Waals surface area contributed by atoms with E-state index in [1.807, 2.05) is 4.90 Å². The number of carboxylic acid groups (broad SMARTS) is 1. The number of hydrogen-bond donors (Lipinski definition) is 2. The van der Waals surface area contributed by atoms with Crippen molar-refractivity contribution in [3.63, 3.8) is 0 Å². The molecule has 0 aromatic heterocycles. The lowest BCUT2D eigenvalue weighted by atomic mass is 10.1. The fourth-order valence-electron chi connectivity index (χ4n) is 2.33. The van der Waals surface area contributed by atoms with Crippen LogP contribution in [-0.4, -0.2) is 40.8 Å². The molecule has 1 aromatic carbocycles. The zero-order valence-corrected chi connectivity index (χ0v) is 10.3. The minimum atomic E-state index is -0.796. The number of aromatic hydroxyl groups is 1. The van der Waals surface area contributed by atoms with Gasteiger partial charge in [-0.15, -0.1) is 0 Å². The highest BCUT2D eigenvalue weighted by Crippen LogP contribution is 2.27. The van der Waals surface area contributed by atoms with Gasteiger partial charge >= 0.3 is 5.97 Å². The quantitative estimate of drug-likeness (QED) is 0.847. The lowest BCUT2D eigenvalue weighted by Crippen LogP contribution is -2.35. The van der Waals surface area contributed by atoms with Crippen molar-refractivity contribution in [2.24, 2.45) is 0 Å². The van der Waals surface area contributed by atoms with Gasteiger partial charge in [0.2, 0.25) is 0 Å². The fraction of sp³-hybridized carbons (Fsp3) is 0.462. The van der Waals surface area contributed by atoms with Gasteiger partial charge in [0.15, 0.2) is 0 Å². The number of carbonyl (C=O) groups is 1. The summed E-state index contributed by atoms with van der Waals surface area (Å²) in [5, 5.41) is 18.9. The molecule has 0 aliphatic carbocycles. The smallest absolute Gasteiger partial charge is 0.320 e. The number of methoxy groups -OCH3 is 1. The summed E-state index contributed by atoms with van der Waals surface area (Å²) in [7, 11) is 1.56. The number of phenolic OH excluding ortho intramolecular Hbond substituents is 1. The van der Waals surface area contributed by atoms with Gasteiger partial charge in [0.05, 0.1) is 7.11 Å². The molecule has 1 atom stereocenters. The van der Waals surface area contributed by atoms with E-state index in [2.05, 4.69) is 0 Å². The Hall–Kier alpha value is -1.75. The largest absolute Gasteiger partial charge is 0.508 e. The second-order valence-corrected chi connectivity index (χ2v) is 4.46.